The van der Waals surface area contributed by atoms with Crippen molar-refractivity contribution in [3.8, 4) is 23.0 Å². The summed E-state index contributed by atoms with van der Waals surface area (Å²) in [5, 5.41) is 10.8. The zero-order valence-electron chi connectivity index (χ0n) is 18.2. The van der Waals surface area contributed by atoms with E-state index in [-0.39, 0.29) is 45.3 Å². The Labute approximate surface area is 180 Å². The fourth-order valence-corrected chi connectivity index (χ4v) is 3.17. The summed E-state index contributed by atoms with van der Waals surface area (Å²) in [7, 11) is 5.20. The lowest BCUT2D eigenvalue weighted by Gasteiger charge is -2.17. The molecule has 0 spiro atoms. The Hall–Kier alpha value is -3.81. The molecule has 0 aliphatic heterocycles. The Balaban J connectivity index is 2.91. The lowest BCUT2D eigenvalue weighted by molar-refractivity contribution is 0.0596. The molecule has 1 N–H and O–H groups in total. The van der Waals surface area contributed by atoms with Crippen LogP contribution >= 0.6 is 0 Å². The number of benzene rings is 2. The van der Waals surface area contributed by atoms with Gasteiger partial charge in [-0.25, -0.2) is 4.79 Å². The Kier molecular flexibility index (Phi) is 7.42. The number of hydrogen-bond donors (Lipinski definition) is 1. The summed E-state index contributed by atoms with van der Waals surface area (Å²) in [5.41, 5.74) is -0.00156. The summed E-state index contributed by atoms with van der Waals surface area (Å²) < 4.78 is 20.6. The molecule has 164 valence electrons. The van der Waals surface area contributed by atoms with E-state index in [2.05, 4.69) is 0 Å². The molecular weight excluding hydrogens is 404 g/mol. The molecule has 0 saturated carbocycles. The Morgan fingerprint density at radius 1 is 0.903 bits per heavy atom. The van der Waals surface area contributed by atoms with Crippen LogP contribution in [0.25, 0.3) is 6.08 Å². The van der Waals surface area contributed by atoms with Gasteiger partial charge in [-0.1, -0.05) is 12.2 Å². The highest BCUT2D eigenvalue weighted by Gasteiger charge is 2.30. The minimum Gasteiger partial charge on any atom is -0.504 e. The predicted octanol–water partition coefficient (Wildman–Crippen LogP) is 3.67. The van der Waals surface area contributed by atoms with Crippen LogP contribution in [0.3, 0.4) is 0 Å². The molecule has 8 heteroatoms. The maximum Gasteiger partial charge on any atom is 0.338 e. The molecule has 31 heavy (non-hydrogen) atoms. The molecule has 0 radical (unpaired) electrons. The molecule has 0 aliphatic carbocycles. The molecule has 2 aromatic rings. The van der Waals surface area contributed by atoms with Gasteiger partial charge in [0.1, 0.15) is 11.5 Å². The van der Waals surface area contributed by atoms with E-state index < -0.39 is 17.5 Å². The van der Waals surface area contributed by atoms with E-state index in [1.807, 2.05) is 0 Å². The zero-order valence-corrected chi connectivity index (χ0v) is 18.2. The third-order valence-corrected chi connectivity index (χ3v) is 4.62. The third-order valence-electron chi connectivity index (χ3n) is 4.62. The maximum atomic E-state index is 13.5. The summed E-state index contributed by atoms with van der Waals surface area (Å²) in [5.74, 6) is -2.11. The minimum absolute atomic E-state index is 0.0324. The van der Waals surface area contributed by atoms with E-state index in [0.29, 0.717) is 5.56 Å². The van der Waals surface area contributed by atoms with E-state index in [9.17, 15) is 19.5 Å². The average molecular weight is 428 g/mol. The van der Waals surface area contributed by atoms with Gasteiger partial charge in [-0.2, -0.15) is 0 Å². The highest BCUT2D eigenvalue weighted by molar-refractivity contribution is 6.19. The second-order valence-corrected chi connectivity index (χ2v) is 6.40. The molecule has 2 aromatic carbocycles. The van der Waals surface area contributed by atoms with Gasteiger partial charge in [0.25, 0.3) is 0 Å². The molecule has 0 aliphatic rings. The van der Waals surface area contributed by atoms with Crippen molar-refractivity contribution >= 4 is 23.6 Å². The number of esters is 1. The van der Waals surface area contributed by atoms with Gasteiger partial charge in [-0.05, 0) is 26.0 Å². The van der Waals surface area contributed by atoms with Crippen LogP contribution in [0.4, 0.5) is 0 Å². The number of Topliss-reactive ketones (excluding diaryl/α,β-unsaturated/α-hetero) is 1. The van der Waals surface area contributed by atoms with Crippen molar-refractivity contribution in [1.82, 2.24) is 0 Å². The van der Waals surface area contributed by atoms with Crippen LogP contribution in [0.2, 0.25) is 0 Å². The van der Waals surface area contributed by atoms with Crippen molar-refractivity contribution in [1.29, 1.82) is 0 Å². The number of phenolic OH excluding ortho intramolecular Hbond substituents is 1. The summed E-state index contributed by atoms with van der Waals surface area (Å²) in [6, 6.07) is 4.02. The molecule has 0 saturated heterocycles. The van der Waals surface area contributed by atoms with E-state index in [1.165, 1.54) is 53.6 Å². The predicted molar refractivity (Wildman–Crippen MR) is 114 cm³/mol. The maximum absolute atomic E-state index is 13.5. The van der Waals surface area contributed by atoms with Gasteiger partial charge in [0.05, 0.1) is 45.1 Å². The lowest BCUT2D eigenvalue weighted by atomic mass is 9.91. The van der Waals surface area contributed by atoms with Crippen LogP contribution in [0.1, 0.15) is 56.0 Å². The van der Waals surface area contributed by atoms with Gasteiger partial charge >= 0.3 is 5.97 Å². The molecular formula is C23H24O8. The minimum atomic E-state index is -0.802. The first-order valence-electron chi connectivity index (χ1n) is 9.22. The first kappa shape index (κ1) is 23.5. The number of aromatic hydroxyl groups is 1. The van der Waals surface area contributed by atoms with Crippen molar-refractivity contribution in [2.45, 2.75) is 13.8 Å². The number of methoxy groups -OCH3 is 4. The van der Waals surface area contributed by atoms with Crippen LogP contribution < -0.4 is 14.2 Å². The van der Waals surface area contributed by atoms with Crippen LogP contribution in [-0.4, -0.2) is 51.1 Å². The molecule has 0 aromatic heterocycles. The molecule has 8 nitrogen and oxygen atoms in total. The topological polar surface area (TPSA) is 108 Å². The summed E-state index contributed by atoms with van der Waals surface area (Å²) in [4.78, 5) is 38.2. The highest BCUT2D eigenvalue weighted by Crippen LogP contribution is 2.40. The molecule has 0 bridgehead atoms. The largest absolute Gasteiger partial charge is 0.504 e. The van der Waals surface area contributed by atoms with Crippen molar-refractivity contribution < 1.29 is 38.4 Å². The van der Waals surface area contributed by atoms with Crippen LogP contribution in [0.5, 0.6) is 23.0 Å². The van der Waals surface area contributed by atoms with Gasteiger partial charge in [-0.3, -0.25) is 9.59 Å². The number of phenols is 1. The second kappa shape index (κ2) is 9.80. The molecule has 2 rings (SSSR count). The van der Waals surface area contributed by atoms with E-state index in [0.717, 1.165) is 0 Å². The van der Waals surface area contributed by atoms with E-state index in [1.54, 1.807) is 19.1 Å². The molecule has 0 heterocycles. The number of hydrogen-bond acceptors (Lipinski definition) is 8. The normalized spacial score (nSPS) is 10.6. The van der Waals surface area contributed by atoms with E-state index in [4.69, 9.17) is 18.9 Å². The molecule has 0 unspecified atom stereocenters. The van der Waals surface area contributed by atoms with Crippen LogP contribution in [0, 0.1) is 0 Å². The highest BCUT2D eigenvalue weighted by atomic mass is 16.5. The second-order valence-electron chi connectivity index (χ2n) is 6.40. The van der Waals surface area contributed by atoms with Gasteiger partial charge in [-0.15, -0.1) is 0 Å². The Bertz CT molecular complexity index is 1070. The average Bonchev–Trinajstić information content (AvgIpc) is 2.77. The number of allylic oxidation sites excluding steroid dienone is 1. The third kappa shape index (κ3) is 4.37. The number of carbonyl (C=O) groups is 3. The van der Waals surface area contributed by atoms with Gasteiger partial charge < -0.3 is 24.1 Å². The number of ether oxygens (including phenoxy) is 4. The SMILES string of the molecule is C/C=C/c1c(C(C)=O)cc(C(=O)c2c(OC)cc(OC)cc2C(=O)OC)c(O)c1OC. The van der Waals surface area contributed by atoms with Gasteiger partial charge in [0, 0.05) is 17.2 Å². The van der Waals surface area contributed by atoms with Crippen LogP contribution in [0.15, 0.2) is 24.3 Å². The summed E-state index contributed by atoms with van der Waals surface area (Å²) >= 11 is 0. The first-order valence-corrected chi connectivity index (χ1v) is 9.22. The number of rotatable bonds is 8. The quantitative estimate of drug-likeness (QED) is 0.501. The zero-order chi connectivity index (χ0) is 23.3. The van der Waals surface area contributed by atoms with Crippen molar-refractivity contribution in [3.05, 3.63) is 52.1 Å². The van der Waals surface area contributed by atoms with Crippen LogP contribution in [-0.2, 0) is 4.74 Å². The fraction of sp³-hybridized carbons (Fsp3) is 0.261. The van der Waals surface area contributed by atoms with Gasteiger partial charge in [0.15, 0.2) is 17.3 Å². The molecule has 0 amide bonds. The summed E-state index contributed by atoms with van der Waals surface area (Å²) in [6.45, 7) is 3.07. The van der Waals surface area contributed by atoms with Crippen molar-refractivity contribution in [2.75, 3.05) is 28.4 Å². The van der Waals surface area contributed by atoms with E-state index >= 15 is 0 Å². The first-order chi connectivity index (χ1) is 14.7. The monoisotopic (exact) mass is 428 g/mol. The fourth-order valence-electron chi connectivity index (χ4n) is 3.17. The Morgan fingerprint density at radius 3 is 2.06 bits per heavy atom. The van der Waals surface area contributed by atoms with Crippen molar-refractivity contribution in [3.63, 3.8) is 0 Å². The van der Waals surface area contributed by atoms with Crippen molar-refractivity contribution in [2.24, 2.45) is 0 Å². The number of carbonyl (C=O) groups excluding carboxylic acids is 3. The molecule has 0 atom stereocenters. The number of ketones is 2. The Morgan fingerprint density at radius 2 is 1.58 bits per heavy atom. The lowest BCUT2D eigenvalue weighted by Crippen LogP contribution is -2.15. The molecule has 0 fully saturated rings. The standard InChI is InChI=1S/C23H24O8/c1-7-8-14-15(12(2)24)11-17(21(26)22(14)30-5)20(25)19-16(23(27)31-6)9-13(28-3)10-18(19)29-4/h7-11,26H,1-6H3/b8-7+. The van der Waals surface area contributed by atoms with Gasteiger partial charge in [0.2, 0.25) is 5.78 Å². The smallest absolute Gasteiger partial charge is 0.338 e. The summed E-state index contributed by atoms with van der Waals surface area (Å²) in [6.07, 6.45) is 3.27.